The molecule has 36 heavy (non-hydrogen) atoms. The monoisotopic (exact) mass is 540 g/mol. The number of hydrogen-bond donors (Lipinski definition) is 0. The van der Waals surface area contributed by atoms with Crippen molar-refractivity contribution in [2.45, 2.75) is 113 Å². The van der Waals surface area contributed by atoms with Crippen molar-refractivity contribution in [3.63, 3.8) is 0 Å². The van der Waals surface area contributed by atoms with Crippen molar-refractivity contribution in [1.29, 1.82) is 0 Å². The van der Waals surface area contributed by atoms with Crippen LogP contribution in [0, 0.1) is 35.5 Å². The van der Waals surface area contributed by atoms with Gasteiger partial charge >= 0.3 is 0 Å². The summed E-state index contributed by atoms with van der Waals surface area (Å²) in [5.74, 6) is 3.26. The smallest absolute Gasteiger partial charge is 0.0981 e. The molecule has 6 nitrogen and oxygen atoms in total. The molecule has 0 saturated heterocycles. The number of allylic oxidation sites excluding steroid dienone is 4. The zero-order valence-corrected chi connectivity index (χ0v) is 23.1. The van der Waals surface area contributed by atoms with Crippen molar-refractivity contribution in [3.8, 4) is 0 Å². The van der Waals surface area contributed by atoms with Gasteiger partial charge in [0.2, 0.25) is 0 Å². The van der Waals surface area contributed by atoms with E-state index in [0.717, 1.165) is 43.9 Å². The maximum Gasteiger partial charge on any atom is 0.0981 e. The Bertz CT molecular complexity index is 812. The Balaban J connectivity index is 1.18. The van der Waals surface area contributed by atoms with Gasteiger partial charge in [-0.05, 0) is 113 Å². The molecule has 4 unspecified atom stereocenters. The number of hydrogen-bond acceptors (Lipinski definition) is 7. The van der Waals surface area contributed by atoms with Gasteiger partial charge in [0.05, 0.1) is 15.4 Å². The van der Waals surface area contributed by atoms with Crippen LogP contribution in [0.2, 0.25) is 0 Å². The summed E-state index contributed by atoms with van der Waals surface area (Å²) in [6, 6.07) is 0. The Hall–Kier alpha value is -0.380. The third-order valence-electron chi connectivity index (χ3n) is 9.63. The SMILES string of the molecule is O=S(=O)([O-])C1CCCCC1C=CC1CCC(C2CCC(C=CC3CCCCC3SOO[O-])CC2)CC1. The van der Waals surface area contributed by atoms with Crippen molar-refractivity contribution in [3.05, 3.63) is 24.3 Å². The van der Waals surface area contributed by atoms with Gasteiger partial charge in [0, 0.05) is 17.3 Å². The molecule has 0 aliphatic heterocycles. The lowest BCUT2D eigenvalue weighted by atomic mass is 9.69. The summed E-state index contributed by atoms with van der Waals surface area (Å²) in [6.07, 6.45) is 27.2. The first-order valence-electron chi connectivity index (χ1n) is 14.4. The first kappa shape index (κ1) is 28.6. The van der Waals surface area contributed by atoms with Crippen LogP contribution in [0.3, 0.4) is 0 Å². The van der Waals surface area contributed by atoms with E-state index in [-0.39, 0.29) is 5.92 Å². The van der Waals surface area contributed by atoms with Gasteiger partial charge in [-0.1, -0.05) is 50.0 Å². The predicted molar refractivity (Wildman–Crippen MR) is 140 cm³/mol. The minimum atomic E-state index is -4.20. The third-order valence-corrected chi connectivity index (χ3v) is 11.9. The molecule has 0 N–H and O–H groups in total. The van der Waals surface area contributed by atoms with Gasteiger partial charge in [-0.25, -0.2) is 8.42 Å². The topological polar surface area (TPSA) is 98.7 Å². The molecule has 4 aliphatic rings. The van der Waals surface area contributed by atoms with E-state index in [4.69, 9.17) is 0 Å². The molecular formula is C28H44O6S2-2. The molecule has 4 saturated carbocycles. The fourth-order valence-electron chi connectivity index (χ4n) is 7.45. The second-order valence-electron chi connectivity index (χ2n) is 11.8. The molecule has 0 spiro atoms. The van der Waals surface area contributed by atoms with Crippen LogP contribution >= 0.6 is 12.0 Å². The van der Waals surface area contributed by atoms with Crippen LogP contribution in [0.15, 0.2) is 24.3 Å². The Labute approximate surface area is 222 Å². The van der Waals surface area contributed by atoms with Gasteiger partial charge in [0.15, 0.2) is 0 Å². The fourth-order valence-corrected chi connectivity index (χ4v) is 9.33. The van der Waals surface area contributed by atoms with Crippen LogP contribution in [0.1, 0.15) is 103 Å². The molecule has 0 aromatic heterocycles. The summed E-state index contributed by atoms with van der Waals surface area (Å²) in [7, 11) is -4.20. The van der Waals surface area contributed by atoms with E-state index in [9.17, 15) is 18.2 Å². The van der Waals surface area contributed by atoms with E-state index in [1.165, 1.54) is 76.3 Å². The molecule has 206 valence electrons. The molecule has 4 aliphatic carbocycles. The molecule has 0 radical (unpaired) electrons. The second kappa shape index (κ2) is 14.1. The van der Waals surface area contributed by atoms with Crippen LogP contribution in [-0.2, 0) is 19.5 Å². The van der Waals surface area contributed by atoms with Gasteiger partial charge in [-0.3, -0.25) is 5.04 Å². The zero-order chi connectivity index (χ0) is 25.4. The third kappa shape index (κ3) is 8.31. The Morgan fingerprint density at radius 3 is 1.69 bits per heavy atom. The van der Waals surface area contributed by atoms with Crippen molar-refractivity contribution >= 4 is 22.2 Å². The van der Waals surface area contributed by atoms with Gasteiger partial charge in [0.1, 0.15) is 0 Å². The fraction of sp³-hybridized carbons (Fsp3) is 0.857. The lowest BCUT2D eigenvalue weighted by Crippen LogP contribution is -2.31. The average molecular weight is 541 g/mol. The Morgan fingerprint density at radius 2 is 1.14 bits per heavy atom. The summed E-state index contributed by atoms with van der Waals surface area (Å²) >= 11 is 1.19. The highest BCUT2D eigenvalue weighted by Crippen LogP contribution is 2.43. The van der Waals surface area contributed by atoms with E-state index in [0.29, 0.717) is 29.4 Å². The first-order valence-corrected chi connectivity index (χ1v) is 16.6. The quantitative estimate of drug-likeness (QED) is 0.112. The van der Waals surface area contributed by atoms with E-state index < -0.39 is 15.4 Å². The molecular weight excluding hydrogens is 496 g/mol. The van der Waals surface area contributed by atoms with Gasteiger partial charge in [0.25, 0.3) is 0 Å². The average Bonchev–Trinajstić information content (AvgIpc) is 2.90. The minimum Gasteiger partial charge on any atom is -0.748 e. The van der Waals surface area contributed by atoms with Crippen LogP contribution in [0.5, 0.6) is 0 Å². The standard InChI is InChI=1S/C28H46O6S2/c29-33-34-35-27-7-3-1-5-25(27)19-13-21-9-15-23(16-10-21)24-17-11-22(12-18-24)14-20-26-6-2-4-8-28(26)36(30,31)32/h13-14,19-29H,1-12,15-18H2,(H,30,31,32)/p-2. The highest BCUT2D eigenvalue weighted by molar-refractivity contribution is 7.95. The van der Waals surface area contributed by atoms with Gasteiger partial charge < -0.3 is 9.81 Å². The summed E-state index contributed by atoms with van der Waals surface area (Å²) in [5, 5.41) is 13.4. The molecule has 0 aromatic rings. The van der Waals surface area contributed by atoms with Crippen molar-refractivity contribution in [2.75, 3.05) is 0 Å². The Morgan fingerprint density at radius 1 is 0.639 bits per heavy atom. The van der Waals surface area contributed by atoms with E-state index >= 15 is 0 Å². The first-order chi connectivity index (χ1) is 17.4. The van der Waals surface area contributed by atoms with Crippen LogP contribution in [-0.4, -0.2) is 23.5 Å². The van der Waals surface area contributed by atoms with Crippen molar-refractivity contribution in [1.82, 2.24) is 0 Å². The lowest BCUT2D eigenvalue weighted by Gasteiger charge is -2.37. The van der Waals surface area contributed by atoms with E-state index in [1.807, 2.05) is 0 Å². The molecule has 0 heterocycles. The molecule has 0 aromatic carbocycles. The van der Waals surface area contributed by atoms with Crippen molar-refractivity contribution < 1.29 is 27.6 Å². The van der Waals surface area contributed by atoms with E-state index in [2.05, 4.69) is 33.7 Å². The van der Waals surface area contributed by atoms with Crippen molar-refractivity contribution in [2.24, 2.45) is 35.5 Å². The second-order valence-corrected chi connectivity index (χ2v) is 14.3. The summed E-state index contributed by atoms with van der Waals surface area (Å²) in [4.78, 5) is 0. The molecule has 8 heteroatoms. The summed E-state index contributed by atoms with van der Waals surface area (Å²) in [6.45, 7) is 0. The van der Waals surface area contributed by atoms with Gasteiger partial charge in [-0.2, -0.15) is 4.33 Å². The summed E-state index contributed by atoms with van der Waals surface area (Å²) in [5.41, 5.74) is 0. The highest BCUT2D eigenvalue weighted by Gasteiger charge is 2.32. The highest BCUT2D eigenvalue weighted by atomic mass is 32.2. The van der Waals surface area contributed by atoms with Crippen LogP contribution in [0.4, 0.5) is 0 Å². The van der Waals surface area contributed by atoms with Gasteiger partial charge in [-0.15, -0.1) is 0 Å². The number of rotatable bonds is 9. The molecule has 4 fully saturated rings. The largest absolute Gasteiger partial charge is 0.748 e. The lowest BCUT2D eigenvalue weighted by molar-refractivity contribution is -0.777. The molecule has 0 amide bonds. The van der Waals surface area contributed by atoms with Crippen LogP contribution < -0.4 is 5.26 Å². The predicted octanol–water partition coefficient (Wildman–Crippen LogP) is 6.25. The summed E-state index contributed by atoms with van der Waals surface area (Å²) < 4.78 is 39.6. The molecule has 4 rings (SSSR count). The minimum absolute atomic E-state index is 0.0858. The van der Waals surface area contributed by atoms with E-state index in [1.54, 1.807) is 0 Å². The zero-order valence-electron chi connectivity index (χ0n) is 21.5. The maximum absolute atomic E-state index is 11.6. The maximum atomic E-state index is 11.6. The van der Waals surface area contributed by atoms with Crippen LogP contribution in [0.25, 0.3) is 0 Å². The normalized spacial score (nSPS) is 39.1. The Kier molecular flexibility index (Phi) is 11.2. The molecule has 0 bridgehead atoms. The molecule has 4 atom stereocenters.